The summed E-state index contributed by atoms with van der Waals surface area (Å²) in [4.78, 5) is 148. The van der Waals surface area contributed by atoms with E-state index in [1.807, 2.05) is 94.8 Å². The summed E-state index contributed by atoms with van der Waals surface area (Å²) < 4.78 is 51.1. The molecule has 11 atom stereocenters. The number of anilines is 2. The molecule has 0 radical (unpaired) electrons. The second-order valence-corrected chi connectivity index (χ2v) is 40.0. The number of carboxylic acid groups (broad SMARTS) is 2. The number of carbonyl (C=O) groups is 9. The third-order valence-electron chi connectivity index (χ3n) is 25.4. The van der Waals surface area contributed by atoms with E-state index in [4.69, 9.17) is 38.9 Å². The van der Waals surface area contributed by atoms with Gasteiger partial charge in [-0.05, 0) is 148 Å². The SMILES string of the molecule is COc1ccc2c(O[C@@H]3C[C@H]4C(=O)N[C@]5(C(=O)O)CC5/C=C\CCCCC[C@H](NC(=O)NC5(CS(=O)(=O)C6CC6)CCCCC5)C(=O)N4C3)cc(-c3csc(NC(C)C)n3)nc2c1.COc1ccc2c(O[C@@H]3C[C@H]4C(=O)N[C@]5(C(=O)O)CC5/C=C\CCCCC[C@H](NC(=O)N[C@H](CN5CCCCC5=O)C(C)C)C(=O)N4C3)cc(-c3csc(NC(C)C)n3)nc2c1. The Morgan fingerprint density at radius 2 is 1.06 bits per heavy atom. The minimum absolute atomic E-state index is 0.000272. The Bertz CT molecular complexity index is 5160. The molecule has 2 unspecified atom stereocenters. The van der Waals surface area contributed by atoms with Crippen LogP contribution in [-0.4, -0.2) is 229 Å². The first-order valence-corrected chi connectivity index (χ1v) is 47.9. The van der Waals surface area contributed by atoms with Crippen molar-refractivity contribution in [2.24, 2.45) is 17.8 Å². The van der Waals surface area contributed by atoms with Gasteiger partial charge in [0.2, 0.25) is 29.5 Å². The minimum atomic E-state index is -3.41. The molecule has 35 heteroatoms. The van der Waals surface area contributed by atoms with Crippen molar-refractivity contribution in [1.82, 2.24) is 66.5 Å². The van der Waals surface area contributed by atoms with Crippen molar-refractivity contribution >= 4 is 118 Å². The van der Waals surface area contributed by atoms with Gasteiger partial charge in [0.1, 0.15) is 81.8 Å². The largest absolute Gasteiger partial charge is 0.497 e. The van der Waals surface area contributed by atoms with Crippen molar-refractivity contribution in [1.29, 1.82) is 0 Å². The molecular weight excluding hydrogens is 1660 g/mol. The number of methoxy groups -OCH3 is 2. The van der Waals surface area contributed by atoms with Gasteiger partial charge in [-0.2, -0.15) is 0 Å². The number of aromatic nitrogens is 4. The third kappa shape index (κ3) is 21.8. The predicted octanol–water partition coefficient (Wildman–Crippen LogP) is 11.7. The molecule has 674 valence electrons. The van der Waals surface area contributed by atoms with E-state index in [0.717, 1.165) is 74.5 Å². The summed E-state index contributed by atoms with van der Waals surface area (Å²) in [5.41, 5.74) is -0.358. The molecule has 4 saturated carbocycles. The van der Waals surface area contributed by atoms with Crippen molar-refractivity contribution in [2.75, 3.05) is 56.8 Å². The van der Waals surface area contributed by atoms with Gasteiger partial charge in [0.25, 0.3) is 0 Å². The molecule has 9 amide bonds. The molecule has 0 spiro atoms. The number of benzene rings is 2. The van der Waals surface area contributed by atoms with Crippen LogP contribution in [0.25, 0.3) is 44.6 Å². The Hall–Kier alpha value is -10.4. The zero-order valence-corrected chi connectivity index (χ0v) is 74.9. The van der Waals surface area contributed by atoms with E-state index < -0.39 is 116 Å². The number of sulfone groups is 1. The van der Waals surface area contributed by atoms with Crippen LogP contribution in [0.3, 0.4) is 0 Å². The van der Waals surface area contributed by atoms with E-state index in [2.05, 4.69) is 42.5 Å². The Kier molecular flexibility index (Phi) is 28.5. The summed E-state index contributed by atoms with van der Waals surface area (Å²) in [7, 11) is -0.262. The van der Waals surface area contributed by atoms with Crippen molar-refractivity contribution in [3.63, 3.8) is 0 Å². The molecule has 3 saturated heterocycles. The normalized spacial score (nSPS) is 26.3. The molecule has 0 bridgehead atoms. The molecule has 6 aromatic rings. The van der Waals surface area contributed by atoms with Crippen LogP contribution in [0.2, 0.25) is 0 Å². The number of carboxylic acids is 2. The number of ether oxygens (including phenoxy) is 4. The number of nitrogens with one attached hydrogen (secondary N) is 8. The Labute approximate surface area is 737 Å². The van der Waals surface area contributed by atoms with Gasteiger partial charge in [0, 0.05) is 102 Å². The summed E-state index contributed by atoms with van der Waals surface area (Å²) in [5, 5.41) is 51.3. The summed E-state index contributed by atoms with van der Waals surface area (Å²) in [6.45, 7) is 13.1. The van der Waals surface area contributed by atoms with Gasteiger partial charge in [-0.3, -0.25) is 24.0 Å². The van der Waals surface area contributed by atoms with Gasteiger partial charge in [-0.15, -0.1) is 22.7 Å². The lowest BCUT2D eigenvalue weighted by molar-refractivity contribution is -0.146. The summed E-state index contributed by atoms with van der Waals surface area (Å²) in [6, 6.07) is 9.08. The highest BCUT2D eigenvalue weighted by Gasteiger charge is 2.63. The lowest BCUT2D eigenvalue weighted by Crippen LogP contribution is -2.61. The number of thiazole rings is 2. The summed E-state index contributed by atoms with van der Waals surface area (Å²) in [6.07, 6.45) is 20.3. The maximum atomic E-state index is 14.9. The maximum Gasteiger partial charge on any atom is 0.330 e. The van der Waals surface area contributed by atoms with Gasteiger partial charge in [-0.25, -0.2) is 47.5 Å². The number of pyridine rings is 2. The molecule has 4 aliphatic carbocycles. The molecule has 125 heavy (non-hydrogen) atoms. The smallest absolute Gasteiger partial charge is 0.330 e. The van der Waals surface area contributed by atoms with Crippen molar-refractivity contribution in [3.8, 4) is 45.8 Å². The van der Waals surface area contributed by atoms with Gasteiger partial charge in [0.05, 0.1) is 72.3 Å². The molecule has 4 aromatic heterocycles. The standard InChI is InChI=1S/C45H60N8O8S.C45H59N7O9S2/c1-26(2)35(24-52-18-12-11-15-39(52)54)49-43(59)48-32-14-10-8-6-7-9-13-28-22-45(28,42(57)58)51-40(55)37-20-30(23-53(37)41(32)56)61-38-21-34(36-25-62-44(50-36)46-27(3)4)47-33-19-29(60-5)16-17-31(33)38;1-27(2)46-43-49-36(25-62-43)35-22-38(32-17-14-29(60-3)20-34(32)47-35)61-30-21-37-39(53)50-45(41(55)56)23-28(45)12-8-5-4-6-9-13-33(40(54)52(37)24-30)48-42(57)51-44(18-10-7-11-19-44)26-63(58,59)31-15-16-31/h9,13,16-17,19,21,25-28,30,32,35,37H,6-8,10-12,14-15,18,20,22-24H2,1-5H3,(H,46,50)(H,51,55)(H,57,58)(H2,48,49,59);8,12,14,17,20,22,25,27-28,30-31,33,37H,4-7,9-11,13,15-16,18-19,21,23-24,26H2,1-3H3,(H,46,49)(H,50,53)(H,55,56)(H2,48,51,57)/b13-9-;12-8-/t28?,30-,32+,35-,37+,45-;28?,30-,33+,37+,45-/m11/s1. The Morgan fingerprint density at radius 3 is 1.51 bits per heavy atom. The van der Waals surface area contributed by atoms with Crippen LogP contribution in [0, 0.1) is 17.8 Å². The highest BCUT2D eigenvalue weighted by molar-refractivity contribution is 7.92. The van der Waals surface area contributed by atoms with Crippen molar-refractivity contribution < 1.29 is 80.7 Å². The third-order valence-corrected chi connectivity index (χ3v) is 29.4. The first kappa shape index (κ1) is 90.8. The van der Waals surface area contributed by atoms with E-state index in [1.165, 1.54) is 32.5 Å². The van der Waals surface area contributed by atoms with E-state index in [0.29, 0.717) is 138 Å². The number of amides is 9. The van der Waals surface area contributed by atoms with Crippen LogP contribution >= 0.6 is 22.7 Å². The second-order valence-electron chi connectivity index (χ2n) is 36.0. The molecule has 9 heterocycles. The van der Waals surface area contributed by atoms with E-state index in [1.54, 1.807) is 49.5 Å². The fraction of sp³-hybridized carbons (Fsp3) is 0.589. The van der Waals surface area contributed by atoms with Crippen LogP contribution in [0.1, 0.15) is 196 Å². The number of rotatable bonds is 24. The monoisotopic (exact) mass is 1780 g/mol. The fourth-order valence-corrected chi connectivity index (χ4v) is 22.0. The van der Waals surface area contributed by atoms with Gasteiger partial charge in [0.15, 0.2) is 20.1 Å². The first-order valence-electron chi connectivity index (χ1n) is 44.4. The lowest BCUT2D eigenvalue weighted by atomic mass is 9.83. The quantitative estimate of drug-likeness (QED) is 0.0252. The van der Waals surface area contributed by atoms with E-state index >= 15 is 0 Å². The van der Waals surface area contributed by atoms with Crippen LogP contribution < -0.4 is 61.5 Å². The lowest BCUT2D eigenvalue weighted by Gasteiger charge is -2.38. The Balaban J connectivity index is 0.000000203. The molecule has 5 aliphatic heterocycles. The highest BCUT2D eigenvalue weighted by atomic mass is 32.2. The van der Waals surface area contributed by atoms with E-state index in [9.17, 15) is 61.8 Å². The highest BCUT2D eigenvalue weighted by Crippen LogP contribution is 2.48. The fourth-order valence-electron chi connectivity index (χ4n) is 18.1. The molecule has 10 N–H and O–H groups in total. The average Bonchev–Trinajstić information content (AvgIpc) is 1.59. The second kappa shape index (κ2) is 39.2. The number of fused-ring (bicyclic) bond motifs is 6. The number of aliphatic carboxylic acids is 2. The van der Waals surface area contributed by atoms with Crippen LogP contribution in [0.15, 0.2) is 83.6 Å². The number of hydrogen-bond donors (Lipinski definition) is 10. The number of nitrogens with zero attached hydrogens (tertiary/aromatic N) is 7. The minimum Gasteiger partial charge on any atom is -0.497 e. The summed E-state index contributed by atoms with van der Waals surface area (Å²) >= 11 is 2.92. The maximum absolute atomic E-state index is 14.9. The number of likely N-dealkylation sites (tertiary alicyclic amines) is 1. The number of piperidine rings is 1. The van der Waals surface area contributed by atoms with Gasteiger partial charge < -0.3 is 86.4 Å². The molecule has 9 aliphatic rings. The topological polar surface area (TPSA) is 423 Å². The molecule has 7 fully saturated rings. The van der Waals surface area contributed by atoms with Gasteiger partial charge >= 0.3 is 24.0 Å². The molecular formula is C90H119N15O17S3. The number of urea groups is 2. The molecule has 32 nitrogen and oxygen atoms in total. The van der Waals surface area contributed by atoms with Crippen molar-refractivity contribution in [2.45, 2.75) is 272 Å². The van der Waals surface area contributed by atoms with E-state index in [-0.39, 0.29) is 92.1 Å². The molecule has 15 rings (SSSR count). The van der Waals surface area contributed by atoms with Crippen LogP contribution in [0.4, 0.5) is 19.9 Å². The summed E-state index contributed by atoms with van der Waals surface area (Å²) in [5.74, 6) is -3.16. The van der Waals surface area contributed by atoms with Crippen molar-refractivity contribution in [3.05, 3.63) is 83.6 Å². The first-order chi connectivity index (χ1) is 59.9. The predicted molar refractivity (Wildman–Crippen MR) is 476 cm³/mol. The average molecular weight is 1780 g/mol. The number of carbonyl (C=O) groups excluding carboxylic acids is 7. The van der Waals surface area contributed by atoms with Crippen LogP contribution in [0.5, 0.6) is 23.0 Å². The zero-order valence-electron chi connectivity index (χ0n) is 72.5. The number of allylic oxidation sites excluding steroid dienone is 2. The van der Waals surface area contributed by atoms with Gasteiger partial charge in [-0.1, -0.05) is 83.1 Å². The Morgan fingerprint density at radius 1 is 0.584 bits per heavy atom. The van der Waals surface area contributed by atoms with Crippen LogP contribution in [-0.2, 0) is 43.4 Å². The molecule has 2 aromatic carbocycles. The zero-order chi connectivity index (χ0) is 88.7. The number of hydrogen-bond acceptors (Lipinski definition) is 23.